The van der Waals surface area contributed by atoms with Gasteiger partial charge >= 0.3 is 7.12 Å². The van der Waals surface area contributed by atoms with E-state index in [1.807, 2.05) is 23.5 Å². The molecular formula is C10H22BN2O2P3. The van der Waals surface area contributed by atoms with Crippen molar-refractivity contribution in [3.05, 3.63) is 18.5 Å². The molecule has 0 amide bonds. The molecule has 4 nitrogen and oxygen atoms in total. The molecule has 18 heavy (non-hydrogen) atoms. The van der Waals surface area contributed by atoms with E-state index in [0.29, 0.717) is 0 Å². The van der Waals surface area contributed by atoms with Crippen molar-refractivity contribution in [3.63, 3.8) is 0 Å². The van der Waals surface area contributed by atoms with Crippen molar-refractivity contribution in [2.45, 2.75) is 45.7 Å². The number of hydrogen-bond donors (Lipinski definition) is 0. The van der Waals surface area contributed by atoms with E-state index in [0.717, 1.165) is 0 Å². The third kappa shape index (κ3) is 4.25. The van der Waals surface area contributed by atoms with Gasteiger partial charge in [-0.15, -0.1) is 0 Å². The average Bonchev–Trinajstić information content (AvgIpc) is 2.73. The first-order valence-corrected chi connectivity index (χ1v) is 10.3. The lowest BCUT2D eigenvalue weighted by Crippen LogP contribution is -2.41. The van der Waals surface area contributed by atoms with Gasteiger partial charge in [0.25, 0.3) is 0 Å². The van der Waals surface area contributed by atoms with Gasteiger partial charge in [-0.3, -0.25) is 0 Å². The highest BCUT2D eigenvalue weighted by Gasteiger charge is 2.48. The van der Waals surface area contributed by atoms with Crippen LogP contribution in [0.2, 0.25) is 6.82 Å². The first-order chi connectivity index (χ1) is 8.16. The lowest BCUT2D eigenvalue weighted by molar-refractivity contribution is 0.00578. The molecule has 2 heterocycles. The van der Waals surface area contributed by atoms with Gasteiger partial charge < -0.3 is 9.31 Å². The summed E-state index contributed by atoms with van der Waals surface area (Å²) in [6.07, 6.45) is 3.73. The quantitative estimate of drug-likeness (QED) is 0.589. The fourth-order valence-electron chi connectivity index (χ4n) is 1.54. The van der Waals surface area contributed by atoms with E-state index in [4.69, 9.17) is 9.31 Å². The van der Waals surface area contributed by atoms with Gasteiger partial charge in [0.2, 0.25) is 0 Å². The van der Waals surface area contributed by atoms with Gasteiger partial charge in [-0.05, 0) is 40.6 Å². The molecule has 1 fully saturated rings. The molecule has 102 valence electrons. The second-order valence-electron chi connectivity index (χ2n) is 5.13. The Labute approximate surface area is 116 Å². The second-order valence-corrected chi connectivity index (χ2v) is 11.3. The lowest BCUT2D eigenvalue weighted by Gasteiger charge is -2.32. The summed E-state index contributed by atoms with van der Waals surface area (Å²) < 4.78 is 13.0. The van der Waals surface area contributed by atoms with E-state index in [1.165, 1.54) is 0 Å². The largest absolute Gasteiger partial charge is 0.454 e. The van der Waals surface area contributed by atoms with Crippen LogP contribution in [0.4, 0.5) is 0 Å². The Bertz CT molecular complexity index is 355. The van der Waals surface area contributed by atoms with Crippen LogP contribution in [0.5, 0.6) is 0 Å². The van der Waals surface area contributed by atoms with Crippen molar-refractivity contribution in [3.8, 4) is 0 Å². The van der Waals surface area contributed by atoms with Crippen LogP contribution >= 0.6 is 25.3 Å². The molecule has 0 bridgehead atoms. The maximum absolute atomic E-state index is 5.54. The van der Waals surface area contributed by atoms with E-state index in [1.54, 1.807) is 6.20 Å². The summed E-state index contributed by atoms with van der Waals surface area (Å²) in [4.78, 5) is 0. The minimum atomic E-state index is -0.220. The van der Waals surface area contributed by atoms with E-state index in [-0.39, 0.29) is 25.8 Å². The molecule has 0 aromatic carbocycles. The van der Waals surface area contributed by atoms with Gasteiger partial charge in [0.1, 0.15) is 0 Å². The molecule has 0 spiro atoms. The van der Waals surface area contributed by atoms with Gasteiger partial charge in [-0.25, -0.2) is 4.45 Å². The van der Waals surface area contributed by atoms with Crippen LogP contribution in [0.1, 0.15) is 27.7 Å². The van der Waals surface area contributed by atoms with Crippen LogP contribution < -0.4 is 0 Å². The maximum Gasteiger partial charge on any atom is 0.454 e. The third-order valence-corrected chi connectivity index (χ3v) is 5.23. The standard InChI is InChI=1S/C7H15BO2.C3H7N2P3/c1-6(2)7(3,4)10-8(5)9-6;6-8(7)5-3-1-2-4-5/h1-5H3;1-3H,6-7H2. The van der Waals surface area contributed by atoms with E-state index < -0.39 is 0 Å². The fourth-order valence-corrected chi connectivity index (χ4v) is 2.76. The summed E-state index contributed by atoms with van der Waals surface area (Å²) in [5.74, 6) is 0. The second kappa shape index (κ2) is 6.29. The SMILES string of the molecule is CB1OC(C)(C)C(C)(C)O1.PP(P)n1cccn1. The van der Waals surface area contributed by atoms with Gasteiger partial charge in [-0.1, -0.05) is 17.9 Å². The van der Waals surface area contributed by atoms with Gasteiger partial charge in [0.05, 0.1) is 18.7 Å². The van der Waals surface area contributed by atoms with Crippen LogP contribution in [-0.4, -0.2) is 27.9 Å². The molecule has 2 rings (SSSR count). The average molecular weight is 306 g/mol. The summed E-state index contributed by atoms with van der Waals surface area (Å²) in [7, 11) is 5.10. The zero-order valence-corrected chi connectivity index (χ0v) is 14.8. The summed E-state index contributed by atoms with van der Waals surface area (Å²) in [6, 6.07) is 1.92. The van der Waals surface area contributed by atoms with Crippen LogP contribution in [0.15, 0.2) is 18.5 Å². The van der Waals surface area contributed by atoms with Crippen LogP contribution in [-0.2, 0) is 9.31 Å². The van der Waals surface area contributed by atoms with E-state index in [2.05, 4.69) is 50.7 Å². The van der Waals surface area contributed by atoms with Crippen molar-refractivity contribution >= 4 is 32.4 Å². The smallest absolute Gasteiger partial charge is 0.403 e. The Kier molecular flexibility index (Phi) is 5.78. The van der Waals surface area contributed by atoms with E-state index >= 15 is 0 Å². The summed E-state index contributed by atoms with van der Waals surface area (Å²) in [6.45, 7) is 10.1. The molecule has 1 aliphatic rings. The lowest BCUT2D eigenvalue weighted by atomic mass is 9.90. The highest BCUT2D eigenvalue weighted by atomic mass is 32.4. The van der Waals surface area contributed by atoms with Gasteiger partial charge in [-0.2, -0.15) is 5.10 Å². The Hall–Kier alpha value is 0.485. The molecule has 0 aliphatic carbocycles. The van der Waals surface area contributed by atoms with Crippen molar-refractivity contribution in [2.24, 2.45) is 0 Å². The van der Waals surface area contributed by atoms with Crippen LogP contribution in [0, 0.1) is 0 Å². The Morgan fingerprint density at radius 1 is 1.17 bits per heavy atom. The fraction of sp³-hybridized carbons (Fsp3) is 0.700. The summed E-state index contributed by atoms with van der Waals surface area (Å²) in [5.41, 5.74) is -0.321. The molecule has 2 atom stereocenters. The Morgan fingerprint density at radius 3 is 1.83 bits per heavy atom. The highest BCUT2D eigenvalue weighted by Crippen LogP contribution is 2.52. The van der Waals surface area contributed by atoms with E-state index in [9.17, 15) is 0 Å². The van der Waals surface area contributed by atoms with Crippen LogP contribution in [0.25, 0.3) is 0 Å². The topological polar surface area (TPSA) is 36.3 Å². The van der Waals surface area contributed by atoms with Gasteiger partial charge in [0.15, 0.2) is 0 Å². The molecule has 1 aromatic heterocycles. The molecule has 2 unspecified atom stereocenters. The minimum Gasteiger partial charge on any atom is -0.403 e. The highest BCUT2D eigenvalue weighted by molar-refractivity contribution is 8.42. The molecule has 1 saturated heterocycles. The molecule has 1 aliphatic heterocycles. The molecule has 8 heteroatoms. The zero-order valence-electron chi connectivity index (χ0n) is 11.6. The third-order valence-electron chi connectivity index (χ3n) is 3.10. The predicted molar refractivity (Wildman–Crippen MR) is 85.9 cm³/mol. The Morgan fingerprint density at radius 2 is 1.67 bits per heavy atom. The first-order valence-electron chi connectivity index (χ1n) is 5.81. The predicted octanol–water partition coefficient (Wildman–Crippen LogP) is 3.42. The number of hydrogen-bond acceptors (Lipinski definition) is 3. The molecule has 0 saturated carbocycles. The minimum absolute atomic E-state index is 0.0648. The number of aromatic nitrogens is 2. The normalized spacial score (nSPS) is 20.8. The van der Waals surface area contributed by atoms with Crippen molar-refractivity contribution in [1.29, 1.82) is 0 Å². The Balaban J connectivity index is 0.000000184. The molecule has 1 aromatic rings. The van der Waals surface area contributed by atoms with Crippen LogP contribution in [0.3, 0.4) is 0 Å². The van der Waals surface area contributed by atoms with Gasteiger partial charge in [0, 0.05) is 12.4 Å². The summed E-state index contributed by atoms with van der Waals surface area (Å²) >= 11 is 0. The summed E-state index contributed by atoms with van der Waals surface area (Å²) in [5, 5.41) is 4.02. The zero-order chi connectivity index (χ0) is 14.0. The number of nitrogens with zero attached hydrogens (tertiary/aromatic N) is 2. The molecule has 0 N–H and O–H groups in total. The monoisotopic (exact) mass is 306 g/mol. The molecular weight excluding hydrogens is 284 g/mol. The van der Waals surface area contributed by atoms with Crippen molar-refractivity contribution < 1.29 is 9.31 Å². The van der Waals surface area contributed by atoms with Crippen molar-refractivity contribution in [1.82, 2.24) is 9.55 Å². The first kappa shape index (κ1) is 16.5. The molecule has 0 radical (unpaired) electrons. The van der Waals surface area contributed by atoms with Crippen molar-refractivity contribution in [2.75, 3.05) is 0 Å². The maximum atomic E-state index is 5.54. The number of rotatable bonds is 1.